The summed E-state index contributed by atoms with van der Waals surface area (Å²) in [4.78, 5) is 73.3. The van der Waals surface area contributed by atoms with Crippen molar-refractivity contribution in [3.63, 3.8) is 0 Å². The van der Waals surface area contributed by atoms with E-state index in [0.29, 0.717) is 25.7 Å². The van der Waals surface area contributed by atoms with E-state index >= 15 is 0 Å². The van der Waals surface area contributed by atoms with Crippen LogP contribution in [0, 0.1) is 17.8 Å². The summed E-state index contributed by atoms with van der Waals surface area (Å²) < 4.78 is 69.0. The van der Waals surface area contributed by atoms with E-state index in [4.69, 9.17) is 37.0 Å². The maximum Gasteiger partial charge on any atom is 0.472 e. The molecule has 0 aromatic heterocycles. The van der Waals surface area contributed by atoms with E-state index in [1.54, 1.807) is 0 Å². The fourth-order valence-electron chi connectivity index (χ4n) is 13.9. The number of aliphatic hydroxyl groups excluding tert-OH is 1. The molecular weight excluding hydrogens is 1400 g/mol. The molecule has 0 aromatic rings. The van der Waals surface area contributed by atoms with Crippen molar-refractivity contribution in [3.8, 4) is 0 Å². The largest absolute Gasteiger partial charge is 0.472 e. The van der Waals surface area contributed by atoms with Crippen molar-refractivity contribution in [2.75, 3.05) is 39.6 Å². The zero-order valence-corrected chi connectivity index (χ0v) is 73.1. The first-order valence-corrected chi connectivity index (χ1v) is 48.8. The minimum Gasteiger partial charge on any atom is -0.462 e. The van der Waals surface area contributed by atoms with Crippen LogP contribution < -0.4 is 0 Å². The molecule has 108 heavy (non-hydrogen) atoms. The second-order valence-electron chi connectivity index (χ2n) is 33.4. The van der Waals surface area contributed by atoms with Gasteiger partial charge in [0, 0.05) is 25.7 Å². The van der Waals surface area contributed by atoms with Crippen LogP contribution in [0.2, 0.25) is 0 Å². The Morgan fingerprint density at radius 3 is 0.630 bits per heavy atom. The minimum absolute atomic E-state index is 0.107. The Morgan fingerprint density at radius 2 is 0.426 bits per heavy atom. The molecule has 0 fully saturated rings. The van der Waals surface area contributed by atoms with Crippen molar-refractivity contribution in [2.24, 2.45) is 17.8 Å². The number of unbranched alkanes of at least 4 members (excludes halogenated alkanes) is 55. The van der Waals surface area contributed by atoms with Crippen LogP contribution in [-0.2, 0) is 65.4 Å². The Balaban J connectivity index is 5.24. The van der Waals surface area contributed by atoms with Crippen LogP contribution in [-0.4, -0.2) is 96.7 Å². The van der Waals surface area contributed by atoms with Crippen molar-refractivity contribution in [2.45, 2.75) is 491 Å². The smallest absolute Gasteiger partial charge is 0.462 e. The number of carbonyl (C=O) groups excluding carboxylic acids is 4. The monoisotopic (exact) mass is 1580 g/mol. The Labute approximate surface area is 664 Å². The Kier molecular flexibility index (Phi) is 77.5. The molecule has 0 spiro atoms. The first-order chi connectivity index (χ1) is 52.2. The molecule has 642 valence electrons. The molecule has 0 rings (SSSR count). The number of hydrogen-bond acceptors (Lipinski definition) is 15. The Bertz CT molecular complexity index is 2080. The number of esters is 4. The number of phosphoric acid groups is 2. The van der Waals surface area contributed by atoms with Crippen molar-refractivity contribution in [1.82, 2.24) is 0 Å². The predicted molar refractivity (Wildman–Crippen MR) is 446 cm³/mol. The second kappa shape index (κ2) is 78.9. The highest BCUT2D eigenvalue weighted by molar-refractivity contribution is 7.47. The van der Waals surface area contributed by atoms with Gasteiger partial charge in [-0.2, -0.15) is 0 Å². The lowest BCUT2D eigenvalue weighted by atomic mass is 10.0. The summed E-state index contributed by atoms with van der Waals surface area (Å²) in [6.45, 7) is 12.0. The third kappa shape index (κ3) is 82.1. The second-order valence-corrected chi connectivity index (χ2v) is 36.3. The summed E-state index contributed by atoms with van der Waals surface area (Å²) in [5.41, 5.74) is 0. The van der Waals surface area contributed by atoms with Gasteiger partial charge in [-0.05, 0) is 43.4 Å². The Hall–Kier alpha value is -1.94. The van der Waals surface area contributed by atoms with Gasteiger partial charge in [-0.3, -0.25) is 37.3 Å². The molecule has 2 unspecified atom stereocenters. The molecule has 0 amide bonds. The van der Waals surface area contributed by atoms with Gasteiger partial charge in [0.1, 0.15) is 19.3 Å². The zero-order chi connectivity index (χ0) is 79.3. The summed E-state index contributed by atoms with van der Waals surface area (Å²) in [7, 11) is -9.93. The highest BCUT2D eigenvalue weighted by atomic mass is 31.2. The van der Waals surface area contributed by atoms with Gasteiger partial charge in [-0.1, -0.05) is 421 Å². The lowest BCUT2D eigenvalue weighted by Gasteiger charge is -2.21. The number of hydrogen-bond donors (Lipinski definition) is 3. The van der Waals surface area contributed by atoms with Crippen molar-refractivity contribution in [3.05, 3.63) is 0 Å². The molecule has 0 aromatic carbocycles. The molecule has 0 aliphatic heterocycles. The molecule has 3 N–H and O–H groups in total. The molecule has 17 nitrogen and oxygen atoms in total. The molecule has 5 atom stereocenters. The van der Waals surface area contributed by atoms with E-state index in [2.05, 4.69) is 48.5 Å². The van der Waals surface area contributed by atoms with Crippen LogP contribution in [0.25, 0.3) is 0 Å². The van der Waals surface area contributed by atoms with Gasteiger partial charge in [0.15, 0.2) is 12.2 Å². The van der Waals surface area contributed by atoms with Crippen molar-refractivity contribution < 1.29 is 80.2 Å². The highest BCUT2D eigenvalue weighted by Gasteiger charge is 2.31. The quantitative estimate of drug-likeness (QED) is 0.0222. The normalized spacial score (nSPS) is 13.8. The van der Waals surface area contributed by atoms with Gasteiger partial charge in [0.05, 0.1) is 26.4 Å². The van der Waals surface area contributed by atoms with Crippen LogP contribution in [0.1, 0.15) is 472 Å². The summed E-state index contributed by atoms with van der Waals surface area (Å²) in [5, 5.41) is 10.7. The molecule has 0 radical (unpaired) electrons. The average molecular weight is 1580 g/mol. The molecule has 0 saturated heterocycles. The van der Waals surface area contributed by atoms with Crippen LogP contribution in [0.5, 0.6) is 0 Å². The summed E-state index contributed by atoms with van der Waals surface area (Å²) in [6, 6.07) is 0. The molecule has 0 bridgehead atoms. The predicted octanol–water partition coefficient (Wildman–Crippen LogP) is 27.3. The van der Waals surface area contributed by atoms with E-state index < -0.39 is 97.5 Å². The first-order valence-electron chi connectivity index (χ1n) is 45.8. The maximum absolute atomic E-state index is 13.2. The van der Waals surface area contributed by atoms with Gasteiger partial charge in [0.2, 0.25) is 0 Å². The van der Waals surface area contributed by atoms with E-state index in [1.807, 2.05) is 0 Å². The number of phosphoric ester groups is 2. The standard InChI is InChI=1S/C89H174O17P2/c1-8-9-10-11-12-13-14-15-16-17-18-19-23-26-31-36-41-49-56-63-70-86(91)99-76-84(105-88(93)72-65-58-51-42-37-32-27-24-21-20-22-25-29-34-39-46-53-60-67-80(2)3)78-103-107(95,96)101-74-83(90)75-102-108(97,98)104-79-85(77-100-87(92)71-64-57-50-45-44-48-55-62-69-82(6)7)106-89(94)73-66-59-52-43-38-33-28-30-35-40-47-54-61-68-81(4)5/h80-85,90H,8-79H2,1-7H3,(H,95,96)(H,97,98)/t83-,84-,85-/m1/s1. The molecule has 0 aliphatic carbocycles. The van der Waals surface area contributed by atoms with Gasteiger partial charge >= 0.3 is 39.5 Å². The third-order valence-corrected chi connectivity index (χ3v) is 22.8. The highest BCUT2D eigenvalue weighted by Crippen LogP contribution is 2.45. The van der Waals surface area contributed by atoms with Crippen LogP contribution in [0.3, 0.4) is 0 Å². The summed E-state index contributed by atoms with van der Waals surface area (Å²) in [6.07, 6.45) is 71.0. The molecule has 0 heterocycles. The average Bonchev–Trinajstić information content (AvgIpc) is 0.904. The fraction of sp³-hybridized carbons (Fsp3) is 0.955. The summed E-state index contributed by atoms with van der Waals surface area (Å²) >= 11 is 0. The topological polar surface area (TPSA) is 237 Å². The fourth-order valence-corrected chi connectivity index (χ4v) is 15.5. The van der Waals surface area contributed by atoms with E-state index in [1.165, 1.54) is 283 Å². The van der Waals surface area contributed by atoms with Crippen LogP contribution in [0.4, 0.5) is 0 Å². The molecule has 0 aliphatic rings. The van der Waals surface area contributed by atoms with Gasteiger partial charge in [0.25, 0.3) is 0 Å². The van der Waals surface area contributed by atoms with Crippen molar-refractivity contribution in [1.29, 1.82) is 0 Å². The van der Waals surface area contributed by atoms with Gasteiger partial charge in [-0.25, -0.2) is 9.13 Å². The van der Waals surface area contributed by atoms with Crippen molar-refractivity contribution >= 4 is 39.5 Å². The number of ether oxygens (including phenoxy) is 4. The first kappa shape index (κ1) is 106. The van der Waals surface area contributed by atoms with Crippen LogP contribution >= 0.6 is 15.6 Å². The lowest BCUT2D eigenvalue weighted by Crippen LogP contribution is -2.30. The number of carbonyl (C=O) groups is 4. The molecule has 0 saturated carbocycles. The van der Waals surface area contributed by atoms with Gasteiger partial charge in [-0.15, -0.1) is 0 Å². The van der Waals surface area contributed by atoms with E-state index in [9.17, 15) is 43.2 Å². The van der Waals surface area contributed by atoms with E-state index in [-0.39, 0.29) is 25.7 Å². The third-order valence-electron chi connectivity index (χ3n) is 20.9. The Morgan fingerprint density at radius 1 is 0.250 bits per heavy atom. The van der Waals surface area contributed by atoms with E-state index in [0.717, 1.165) is 108 Å². The molecule has 19 heteroatoms. The SMILES string of the molecule is CCCCCCCCCCCCCCCCCCCCCCC(=O)OC[C@H](COP(=O)(O)OC[C@@H](O)COP(=O)(O)OC[C@@H](COC(=O)CCCCCCCCCCC(C)C)OC(=O)CCCCCCCCCCCCCCCC(C)C)OC(=O)CCCCCCCCCCCCCCCCCCCCC(C)C. The maximum atomic E-state index is 13.2. The summed E-state index contributed by atoms with van der Waals surface area (Å²) in [5.74, 6) is 0.231. The zero-order valence-electron chi connectivity index (χ0n) is 71.3. The minimum atomic E-state index is -4.97. The van der Waals surface area contributed by atoms with Gasteiger partial charge < -0.3 is 33.8 Å². The van der Waals surface area contributed by atoms with Crippen LogP contribution in [0.15, 0.2) is 0 Å². The molecular formula is C89H174O17P2. The lowest BCUT2D eigenvalue weighted by molar-refractivity contribution is -0.161. The number of rotatable bonds is 87. The number of aliphatic hydroxyl groups is 1.